The number of ketones is 1. The molecule has 0 radical (unpaired) electrons. The molecule has 0 amide bonds. The molecule has 0 saturated heterocycles. The van der Waals surface area contributed by atoms with E-state index in [2.05, 4.69) is 9.64 Å². The fraction of sp³-hybridized carbons (Fsp3) is 0.467. The molecule has 1 aromatic carbocycles. The van der Waals surface area contributed by atoms with Crippen LogP contribution in [0, 0.1) is 0 Å². The van der Waals surface area contributed by atoms with Crippen molar-refractivity contribution in [2.24, 2.45) is 0 Å². The number of esters is 1. The molecule has 0 saturated carbocycles. The van der Waals surface area contributed by atoms with Gasteiger partial charge in [-0.1, -0.05) is 19.1 Å². The van der Waals surface area contributed by atoms with Gasteiger partial charge in [0.05, 0.1) is 19.2 Å². The minimum atomic E-state index is -0.321. The van der Waals surface area contributed by atoms with E-state index in [1.165, 1.54) is 7.11 Å². The van der Waals surface area contributed by atoms with Crippen molar-refractivity contribution in [1.29, 1.82) is 0 Å². The average Bonchev–Trinajstić information content (AvgIpc) is 2.42. The van der Waals surface area contributed by atoms with E-state index in [-0.39, 0.29) is 11.8 Å². The second-order valence-corrected chi connectivity index (χ2v) is 4.51. The van der Waals surface area contributed by atoms with Gasteiger partial charge in [0.25, 0.3) is 0 Å². The molecule has 0 unspecified atom stereocenters. The molecular formula is C15H21NO3. The smallest absolute Gasteiger partial charge is 0.337 e. The Morgan fingerprint density at radius 2 is 1.84 bits per heavy atom. The van der Waals surface area contributed by atoms with Gasteiger partial charge in [-0.3, -0.25) is 9.69 Å². The van der Waals surface area contributed by atoms with Crippen LogP contribution >= 0.6 is 0 Å². The van der Waals surface area contributed by atoms with Gasteiger partial charge < -0.3 is 4.74 Å². The third-order valence-electron chi connectivity index (χ3n) is 2.99. The highest BCUT2D eigenvalue weighted by molar-refractivity contribution is 5.89. The summed E-state index contributed by atoms with van der Waals surface area (Å²) in [5.41, 5.74) is 1.71. The normalized spacial score (nSPS) is 10.5. The summed E-state index contributed by atoms with van der Waals surface area (Å²) in [5, 5.41) is 0. The first-order valence-electron chi connectivity index (χ1n) is 6.45. The van der Waals surface area contributed by atoms with E-state index in [0.29, 0.717) is 12.1 Å². The third-order valence-corrected chi connectivity index (χ3v) is 2.99. The van der Waals surface area contributed by atoms with Gasteiger partial charge in [-0.05, 0) is 37.6 Å². The minimum absolute atomic E-state index is 0.183. The Labute approximate surface area is 114 Å². The number of nitrogens with zero attached hydrogens (tertiary/aromatic N) is 1. The topological polar surface area (TPSA) is 46.6 Å². The number of likely N-dealkylation sites (N-methyl/N-ethyl adjacent to an activating group) is 1. The number of hydrogen-bond donors (Lipinski definition) is 0. The zero-order chi connectivity index (χ0) is 14.3. The minimum Gasteiger partial charge on any atom is -0.465 e. The molecule has 0 fully saturated rings. The van der Waals surface area contributed by atoms with E-state index in [1.807, 2.05) is 19.1 Å². The Kier molecular flexibility index (Phi) is 6.22. The summed E-state index contributed by atoms with van der Waals surface area (Å²) in [4.78, 5) is 24.5. The number of Topliss-reactive ketones (excluding diaryl/α,β-unsaturated/α-hetero) is 1. The Balaban J connectivity index is 2.53. The van der Waals surface area contributed by atoms with Gasteiger partial charge >= 0.3 is 5.97 Å². The number of carbonyl (C=O) groups is 2. The average molecular weight is 263 g/mol. The largest absolute Gasteiger partial charge is 0.465 e. The van der Waals surface area contributed by atoms with Gasteiger partial charge in [0.1, 0.15) is 5.78 Å². The lowest BCUT2D eigenvalue weighted by Gasteiger charge is -2.18. The molecule has 0 heterocycles. The van der Waals surface area contributed by atoms with Crippen molar-refractivity contribution in [2.45, 2.75) is 20.3 Å². The van der Waals surface area contributed by atoms with E-state index in [0.717, 1.165) is 25.1 Å². The van der Waals surface area contributed by atoms with Crippen LogP contribution in [-0.2, 0) is 16.0 Å². The predicted octanol–water partition coefficient (Wildman–Crippen LogP) is 1.93. The first-order valence-corrected chi connectivity index (χ1v) is 6.45. The molecule has 19 heavy (non-hydrogen) atoms. The predicted molar refractivity (Wildman–Crippen MR) is 74.3 cm³/mol. The van der Waals surface area contributed by atoms with E-state index >= 15 is 0 Å². The lowest BCUT2D eigenvalue weighted by atomic mass is 10.1. The lowest BCUT2D eigenvalue weighted by Crippen LogP contribution is -2.30. The van der Waals surface area contributed by atoms with Crippen LogP contribution in [0.25, 0.3) is 0 Å². The Bertz CT molecular complexity index is 426. The van der Waals surface area contributed by atoms with Crippen LogP contribution < -0.4 is 0 Å². The zero-order valence-corrected chi connectivity index (χ0v) is 11.8. The van der Waals surface area contributed by atoms with Gasteiger partial charge in [-0.15, -0.1) is 0 Å². The maximum absolute atomic E-state index is 11.3. The van der Waals surface area contributed by atoms with Gasteiger partial charge in [-0.25, -0.2) is 4.79 Å². The fourth-order valence-corrected chi connectivity index (χ4v) is 1.88. The lowest BCUT2D eigenvalue weighted by molar-refractivity contribution is -0.118. The van der Waals surface area contributed by atoms with Crippen LogP contribution in [-0.4, -0.2) is 43.4 Å². The highest BCUT2D eigenvalue weighted by atomic mass is 16.5. The Morgan fingerprint density at radius 3 is 2.32 bits per heavy atom. The van der Waals surface area contributed by atoms with Crippen LogP contribution in [0.15, 0.2) is 24.3 Å². The van der Waals surface area contributed by atoms with Crippen molar-refractivity contribution >= 4 is 11.8 Å². The summed E-state index contributed by atoms with van der Waals surface area (Å²) in [6.45, 7) is 5.85. The number of methoxy groups -OCH3 is 1. The second-order valence-electron chi connectivity index (χ2n) is 4.51. The molecule has 4 heteroatoms. The van der Waals surface area contributed by atoms with E-state index in [1.54, 1.807) is 19.1 Å². The molecule has 0 aromatic heterocycles. The quantitative estimate of drug-likeness (QED) is 0.705. The zero-order valence-electron chi connectivity index (χ0n) is 11.8. The molecule has 0 N–H and O–H groups in total. The molecule has 0 aliphatic heterocycles. The summed E-state index contributed by atoms with van der Waals surface area (Å²) in [7, 11) is 1.37. The van der Waals surface area contributed by atoms with Gasteiger partial charge in [0.2, 0.25) is 0 Å². The summed E-state index contributed by atoms with van der Waals surface area (Å²) < 4.78 is 4.65. The Hall–Kier alpha value is -1.68. The van der Waals surface area contributed by atoms with Gasteiger partial charge in [0.15, 0.2) is 0 Å². The molecule has 0 bridgehead atoms. The van der Waals surface area contributed by atoms with Crippen LogP contribution in [0.1, 0.15) is 29.8 Å². The molecule has 1 aromatic rings. The molecule has 0 aliphatic carbocycles. The van der Waals surface area contributed by atoms with Crippen molar-refractivity contribution in [3.63, 3.8) is 0 Å². The van der Waals surface area contributed by atoms with Crippen molar-refractivity contribution in [2.75, 3.05) is 26.7 Å². The maximum atomic E-state index is 11.3. The summed E-state index contributed by atoms with van der Waals surface area (Å²) >= 11 is 0. The van der Waals surface area contributed by atoms with Crippen molar-refractivity contribution < 1.29 is 14.3 Å². The van der Waals surface area contributed by atoms with E-state index < -0.39 is 0 Å². The molecule has 1 rings (SSSR count). The summed E-state index contributed by atoms with van der Waals surface area (Å²) in [6.07, 6.45) is 0.864. The van der Waals surface area contributed by atoms with Gasteiger partial charge in [0, 0.05) is 6.54 Å². The summed E-state index contributed by atoms with van der Waals surface area (Å²) in [6, 6.07) is 7.38. The fourth-order valence-electron chi connectivity index (χ4n) is 1.88. The van der Waals surface area contributed by atoms with Crippen LogP contribution in [0.4, 0.5) is 0 Å². The number of carbonyl (C=O) groups excluding carboxylic acids is 2. The molecule has 4 nitrogen and oxygen atoms in total. The van der Waals surface area contributed by atoms with E-state index in [9.17, 15) is 9.59 Å². The van der Waals surface area contributed by atoms with Gasteiger partial charge in [-0.2, -0.15) is 0 Å². The molecule has 0 aliphatic rings. The Morgan fingerprint density at radius 1 is 1.21 bits per heavy atom. The molecular weight excluding hydrogens is 242 g/mol. The maximum Gasteiger partial charge on any atom is 0.337 e. The van der Waals surface area contributed by atoms with E-state index in [4.69, 9.17) is 0 Å². The van der Waals surface area contributed by atoms with Crippen molar-refractivity contribution in [3.05, 3.63) is 35.4 Å². The van der Waals surface area contributed by atoms with Crippen molar-refractivity contribution in [3.8, 4) is 0 Å². The third kappa shape index (κ3) is 5.22. The van der Waals surface area contributed by atoms with Crippen LogP contribution in [0.5, 0.6) is 0 Å². The monoisotopic (exact) mass is 263 g/mol. The standard InChI is InChI=1S/C15H21NO3/c1-4-16(11-12(2)17)10-9-13-5-7-14(8-6-13)15(18)19-3/h5-8H,4,9-11H2,1-3H3. The SMILES string of the molecule is CCN(CCc1ccc(C(=O)OC)cc1)CC(C)=O. The highest BCUT2D eigenvalue weighted by Gasteiger charge is 2.07. The first-order chi connectivity index (χ1) is 9.06. The first kappa shape index (κ1) is 15.4. The van der Waals surface area contributed by atoms with Crippen LogP contribution in [0.2, 0.25) is 0 Å². The number of benzene rings is 1. The number of rotatable bonds is 7. The summed E-state index contributed by atoms with van der Waals surface area (Å²) in [5.74, 6) is -0.138. The second kappa shape index (κ2) is 7.69. The van der Waals surface area contributed by atoms with Crippen LogP contribution in [0.3, 0.4) is 0 Å². The number of hydrogen-bond acceptors (Lipinski definition) is 4. The highest BCUT2D eigenvalue weighted by Crippen LogP contribution is 2.07. The number of ether oxygens (including phenoxy) is 1. The molecule has 104 valence electrons. The molecule has 0 spiro atoms. The van der Waals surface area contributed by atoms with Crippen molar-refractivity contribution in [1.82, 2.24) is 4.90 Å². The molecule has 0 atom stereocenters.